The van der Waals surface area contributed by atoms with E-state index in [4.69, 9.17) is 18.0 Å². The van der Waals surface area contributed by atoms with Gasteiger partial charge in [-0.2, -0.15) is 0 Å². The monoisotopic (exact) mass is 241 g/mol. The summed E-state index contributed by atoms with van der Waals surface area (Å²) in [7, 11) is 0. The maximum Gasteiger partial charge on any atom is 0.268 e. The zero-order chi connectivity index (χ0) is 12.5. The number of nitrogens with one attached hydrogen (secondary N) is 1. The highest BCUT2D eigenvalue weighted by molar-refractivity contribution is 7.80. The van der Waals surface area contributed by atoms with Gasteiger partial charge in [0.15, 0.2) is 0 Å². The zero-order valence-electron chi connectivity index (χ0n) is 9.53. The lowest BCUT2D eigenvalue weighted by molar-refractivity contribution is 0.506. The Morgan fingerprint density at radius 3 is 2.50 bits per heavy atom. The number of thiocarbonyl (C=S) groups is 1. The minimum atomic E-state index is -0.257. The van der Waals surface area contributed by atoms with Crippen molar-refractivity contribution in [3.05, 3.63) is 31.8 Å². The van der Waals surface area contributed by atoms with Crippen LogP contribution in [0, 0.1) is 19.8 Å². The van der Waals surface area contributed by atoms with Crippen molar-refractivity contribution in [3.8, 4) is 0 Å². The van der Waals surface area contributed by atoms with Crippen molar-refractivity contribution in [2.45, 2.75) is 27.3 Å². The van der Waals surface area contributed by atoms with E-state index in [-0.39, 0.29) is 17.0 Å². The predicted octanol–water partition coefficient (Wildman–Crippen LogP) is 0.0756. The lowest BCUT2D eigenvalue weighted by Gasteiger charge is -2.12. The second-order valence-electron chi connectivity index (χ2n) is 3.91. The molecular formula is C10H15N3O2S. The number of hydrogen-bond donors (Lipinski definition) is 2. The molecule has 0 aliphatic rings. The van der Waals surface area contributed by atoms with Crippen LogP contribution in [0.4, 0.5) is 0 Å². The first-order valence-corrected chi connectivity index (χ1v) is 5.35. The molecule has 0 amide bonds. The smallest absolute Gasteiger partial charge is 0.268 e. The van der Waals surface area contributed by atoms with Gasteiger partial charge in [0.25, 0.3) is 11.1 Å². The highest BCUT2D eigenvalue weighted by Crippen LogP contribution is 1.98. The fraction of sp³-hybridized carbons (Fsp3) is 0.500. The Balaban J connectivity index is 3.22. The summed E-state index contributed by atoms with van der Waals surface area (Å²) in [4.78, 5) is 23.6. The average molecular weight is 241 g/mol. The Morgan fingerprint density at radius 1 is 1.44 bits per heavy atom. The normalized spacial score (nSPS) is 12.4. The molecule has 88 valence electrons. The summed E-state index contributed by atoms with van der Waals surface area (Å²) in [6, 6.07) is 0. The van der Waals surface area contributed by atoms with Crippen LogP contribution in [0.3, 0.4) is 0 Å². The Kier molecular flexibility index (Phi) is 3.64. The third-order valence-corrected chi connectivity index (χ3v) is 3.05. The van der Waals surface area contributed by atoms with Gasteiger partial charge in [0.1, 0.15) is 0 Å². The predicted molar refractivity (Wildman–Crippen MR) is 66.7 cm³/mol. The third kappa shape index (κ3) is 2.38. The van der Waals surface area contributed by atoms with E-state index in [2.05, 4.69) is 5.10 Å². The molecule has 0 radical (unpaired) electrons. The summed E-state index contributed by atoms with van der Waals surface area (Å²) >= 11 is 4.82. The van der Waals surface area contributed by atoms with Crippen LogP contribution in [0.25, 0.3) is 0 Å². The summed E-state index contributed by atoms with van der Waals surface area (Å²) in [5.74, 6) is -0.134. The molecule has 3 N–H and O–H groups in total. The van der Waals surface area contributed by atoms with E-state index in [9.17, 15) is 9.59 Å². The van der Waals surface area contributed by atoms with Gasteiger partial charge in [-0.05, 0) is 13.8 Å². The van der Waals surface area contributed by atoms with Crippen LogP contribution in [-0.4, -0.2) is 14.8 Å². The SMILES string of the molecule is Cc1c(C)c(=O)n(CC(C)C(N)=S)[nH]c1=O. The molecule has 5 nitrogen and oxygen atoms in total. The maximum atomic E-state index is 11.8. The number of nitrogens with two attached hydrogens (primary N) is 1. The van der Waals surface area contributed by atoms with Crippen molar-refractivity contribution >= 4 is 17.2 Å². The maximum absolute atomic E-state index is 11.8. The third-order valence-electron chi connectivity index (χ3n) is 2.65. The molecule has 0 aromatic carbocycles. The van der Waals surface area contributed by atoms with Crippen molar-refractivity contribution in [1.29, 1.82) is 0 Å². The van der Waals surface area contributed by atoms with Crippen molar-refractivity contribution in [1.82, 2.24) is 9.78 Å². The highest BCUT2D eigenvalue weighted by atomic mass is 32.1. The second-order valence-corrected chi connectivity index (χ2v) is 4.38. The fourth-order valence-electron chi connectivity index (χ4n) is 1.28. The lowest BCUT2D eigenvalue weighted by Crippen LogP contribution is -2.36. The van der Waals surface area contributed by atoms with Gasteiger partial charge in [0, 0.05) is 17.0 Å². The number of H-pyrrole nitrogens is 1. The van der Waals surface area contributed by atoms with Crippen LogP contribution in [-0.2, 0) is 6.54 Å². The molecule has 1 aromatic rings. The zero-order valence-corrected chi connectivity index (χ0v) is 10.4. The van der Waals surface area contributed by atoms with Crippen LogP contribution in [0.15, 0.2) is 9.59 Å². The molecule has 0 bridgehead atoms. The number of aromatic nitrogens is 2. The highest BCUT2D eigenvalue weighted by Gasteiger charge is 2.11. The van der Waals surface area contributed by atoms with Crippen molar-refractivity contribution in [2.75, 3.05) is 0 Å². The van der Waals surface area contributed by atoms with Gasteiger partial charge >= 0.3 is 0 Å². The number of aromatic amines is 1. The van der Waals surface area contributed by atoms with Crippen LogP contribution < -0.4 is 16.9 Å². The lowest BCUT2D eigenvalue weighted by atomic mass is 10.1. The van der Waals surface area contributed by atoms with Crippen LogP contribution in [0.5, 0.6) is 0 Å². The molecular weight excluding hydrogens is 226 g/mol. The summed E-state index contributed by atoms with van der Waals surface area (Å²) in [5.41, 5.74) is 5.90. The van der Waals surface area contributed by atoms with Gasteiger partial charge in [-0.1, -0.05) is 19.1 Å². The first-order valence-electron chi connectivity index (χ1n) is 4.94. The molecule has 0 saturated carbocycles. The second kappa shape index (κ2) is 4.61. The molecule has 0 fully saturated rings. The van der Waals surface area contributed by atoms with E-state index >= 15 is 0 Å². The van der Waals surface area contributed by atoms with E-state index < -0.39 is 0 Å². The summed E-state index contributed by atoms with van der Waals surface area (Å²) < 4.78 is 1.26. The first kappa shape index (κ1) is 12.6. The molecule has 1 heterocycles. The first-order chi connectivity index (χ1) is 7.34. The average Bonchev–Trinajstić information content (AvgIpc) is 2.22. The Hall–Kier alpha value is -1.43. The van der Waals surface area contributed by atoms with Crippen LogP contribution >= 0.6 is 12.2 Å². The Bertz CT molecular complexity index is 530. The molecule has 1 aromatic heterocycles. The van der Waals surface area contributed by atoms with Gasteiger partial charge in [-0.25, -0.2) is 4.68 Å². The molecule has 1 rings (SSSR count). The van der Waals surface area contributed by atoms with E-state index in [0.717, 1.165) is 0 Å². The largest absolute Gasteiger partial charge is 0.393 e. The van der Waals surface area contributed by atoms with E-state index in [1.807, 2.05) is 6.92 Å². The van der Waals surface area contributed by atoms with Crippen molar-refractivity contribution in [2.24, 2.45) is 11.7 Å². The minimum Gasteiger partial charge on any atom is -0.393 e. The molecule has 16 heavy (non-hydrogen) atoms. The molecule has 0 spiro atoms. The van der Waals surface area contributed by atoms with E-state index in [0.29, 0.717) is 22.7 Å². The summed E-state index contributed by atoms with van der Waals surface area (Å²) in [5, 5.41) is 2.50. The topological polar surface area (TPSA) is 80.9 Å². The van der Waals surface area contributed by atoms with E-state index in [1.54, 1.807) is 13.8 Å². The molecule has 0 aliphatic heterocycles. The number of rotatable bonds is 3. The quantitative estimate of drug-likeness (QED) is 0.734. The molecule has 0 aliphatic carbocycles. The van der Waals surface area contributed by atoms with Gasteiger partial charge in [-0.3, -0.25) is 14.7 Å². The Labute approximate surface area is 98.3 Å². The van der Waals surface area contributed by atoms with Gasteiger partial charge in [0.05, 0.1) is 11.5 Å². The van der Waals surface area contributed by atoms with Crippen LogP contribution in [0.1, 0.15) is 18.1 Å². The number of hydrogen-bond acceptors (Lipinski definition) is 3. The molecule has 1 unspecified atom stereocenters. The van der Waals surface area contributed by atoms with Gasteiger partial charge in [-0.15, -0.1) is 0 Å². The summed E-state index contributed by atoms with van der Waals surface area (Å²) in [6.07, 6.45) is 0. The Morgan fingerprint density at radius 2 is 2.00 bits per heavy atom. The minimum absolute atomic E-state index is 0.134. The molecule has 1 atom stereocenters. The van der Waals surface area contributed by atoms with Crippen LogP contribution in [0.2, 0.25) is 0 Å². The fourth-order valence-corrected chi connectivity index (χ4v) is 1.36. The molecule has 6 heteroatoms. The van der Waals surface area contributed by atoms with Gasteiger partial charge in [0.2, 0.25) is 0 Å². The molecule has 0 saturated heterocycles. The van der Waals surface area contributed by atoms with Crippen molar-refractivity contribution < 1.29 is 0 Å². The van der Waals surface area contributed by atoms with Gasteiger partial charge < -0.3 is 5.73 Å². The van der Waals surface area contributed by atoms with Crippen molar-refractivity contribution in [3.63, 3.8) is 0 Å². The standard InChI is InChI=1S/C10H15N3O2S/c1-5(8(11)16)4-13-10(15)7(3)6(2)9(14)12-13/h5H,4H2,1-3H3,(H2,11,16)(H,12,14). The van der Waals surface area contributed by atoms with E-state index in [1.165, 1.54) is 4.68 Å². The number of nitrogens with zero attached hydrogens (tertiary/aromatic N) is 1. The summed E-state index contributed by atoms with van der Waals surface area (Å²) in [6.45, 7) is 5.36.